The SMILES string of the molecule is CC[C@H](C)[C@H](CO)N1C(=O)[C@@H]2[C@H]3C(=O)O[C@@H](c4ccccc4)[C@H](C)N(C)C(=O)CC/C=C\CN(c4ccc(OC)cc4)C(=O)[C@@H]1[C@]21C=C[C@H]3O1. The third-order valence-corrected chi connectivity index (χ3v) is 11.1. The van der Waals surface area contributed by atoms with Gasteiger partial charge in [-0.05, 0) is 49.1 Å². The number of anilines is 1. The second kappa shape index (κ2) is 14.4. The molecule has 0 unspecified atom stereocenters. The molecule has 0 aliphatic carbocycles. The number of likely N-dealkylation sites (N-methyl/N-ethyl adjacent to an activating group) is 1. The van der Waals surface area contributed by atoms with E-state index in [0.717, 1.165) is 0 Å². The molecule has 0 aromatic heterocycles. The maximum absolute atomic E-state index is 15.1. The van der Waals surface area contributed by atoms with Crippen LogP contribution >= 0.6 is 0 Å². The largest absolute Gasteiger partial charge is 0.497 e. The molecule has 1 N–H and O–H groups in total. The molecule has 4 aliphatic rings. The highest BCUT2D eigenvalue weighted by Gasteiger charge is 2.74. The lowest BCUT2D eigenvalue weighted by Gasteiger charge is -2.40. The van der Waals surface area contributed by atoms with Crippen LogP contribution in [0, 0.1) is 17.8 Å². The highest BCUT2D eigenvalue weighted by molar-refractivity contribution is 6.05. The monoisotopic (exact) mass is 685 g/mol. The standard InChI is InChI=1S/C39H47N3O8/c1-6-24(2)29(23-43)42-35-37(46)41(27-16-18-28(48-5)19-17-27)22-12-8-11-15-31(44)40(4)25(3)34(26-13-9-7-10-14-26)49-38(47)32-30-20-21-39(35,50-30)33(32)36(42)45/h7-10,12-14,16-21,24-25,29-30,32-35,43H,6,11,15,22-23H2,1-5H3/b12-8-/t24-,25-,29-,30+,32-,33-,34+,35+,39-/m0/s1. The molecule has 4 aliphatic heterocycles. The first-order valence-electron chi connectivity index (χ1n) is 17.5. The summed E-state index contributed by atoms with van der Waals surface area (Å²) in [4.78, 5) is 62.4. The molecule has 3 amide bonds. The van der Waals surface area contributed by atoms with Crippen LogP contribution in [0.15, 0.2) is 78.9 Å². The van der Waals surface area contributed by atoms with Gasteiger partial charge < -0.3 is 34.0 Å². The molecule has 50 heavy (non-hydrogen) atoms. The molecule has 5 bridgehead atoms. The van der Waals surface area contributed by atoms with Crippen molar-refractivity contribution < 1.29 is 38.5 Å². The van der Waals surface area contributed by atoms with Crippen molar-refractivity contribution in [2.45, 2.75) is 76.0 Å². The average molecular weight is 686 g/mol. The van der Waals surface area contributed by atoms with E-state index < -0.39 is 65.6 Å². The Hall–Kier alpha value is -4.48. The van der Waals surface area contributed by atoms with Gasteiger partial charge in [0.1, 0.15) is 29.4 Å². The van der Waals surface area contributed by atoms with Crippen molar-refractivity contribution in [3.05, 3.63) is 84.5 Å². The number of benzene rings is 2. The van der Waals surface area contributed by atoms with Crippen LogP contribution in [-0.2, 0) is 28.7 Å². The fraction of sp³-hybridized carbons (Fsp3) is 0.487. The minimum Gasteiger partial charge on any atom is -0.497 e. The number of hydrogen-bond acceptors (Lipinski definition) is 8. The molecule has 0 saturated carbocycles. The van der Waals surface area contributed by atoms with Crippen LogP contribution in [-0.4, -0.2) is 95.7 Å². The number of aliphatic hydroxyl groups is 1. The molecule has 6 rings (SSSR count). The maximum atomic E-state index is 15.1. The quantitative estimate of drug-likeness (QED) is 0.342. The summed E-state index contributed by atoms with van der Waals surface area (Å²) in [6, 6.07) is 13.9. The number of amides is 3. The summed E-state index contributed by atoms with van der Waals surface area (Å²) < 4.78 is 18.3. The number of methoxy groups -OCH3 is 1. The fourth-order valence-corrected chi connectivity index (χ4v) is 7.96. The van der Waals surface area contributed by atoms with Crippen LogP contribution in [0.4, 0.5) is 5.69 Å². The summed E-state index contributed by atoms with van der Waals surface area (Å²) in [5.74, 6) is -3.27. The van der Waals surface area contributed by atoms with E-state index in [0.29, 0.717) is 29.8 Å². The van der Waals surface area contributed by atoms with E-state index in [9.17, 15) is 19.5 Å². The minimum absolute atomic E-state index is 0.123. The molecule has 2 fully saturated rings. The number of esters is 1. The number of carbonyl (C=O) groups is 4. The molecular formula is C39H47N3O8. The maximum Gasteiger partial charge on any atom is 0.313 e. The van der Waals surface area contributed by atoms with E-state index in [1.807, 2.05) is 63.3 Å². The molecule has 4 heterocycles. The molecule has 0 radical (unpaired) electrons. The van der Waals surface area contributed by atoms with Gasteiger partial charge in [-0.25, -0.2) is 0 Å². The Labute approximate surface area is 293 Å². The first-order chi connectivity index (χ1) is 24.1. The summed E-state index contributed by atoms with van der Waals surface area (Å²) in [6.07, 6.45) is 6.88. The number of allylic oxidation sites excluding steroid dienone is 1. The van der Waals surface area contributed by atoms with Crippen LogP contribution < -0.4 is 9.64 Å². The molecule has 2 aromatic rings. The lowest BCUT2D eigenvalue weighted by molar-refractivity contribution is -0.164. The van der Waals surface area contributed by atoms with Gasteiger partial charge in [-0.1, -0.05) is 74.9 Å². The van der Waals surface area contributed by atoms with Crippen molar-refractivity contribution in [3.63, 3.8) is 0 Å². The Bertz CT molecular complexity index is 1640. The average Bonchev–Trinajstić information content (AvgIpc) is 3.79. The summed E-state index contributed by atoms with van der Waals surface area (Å²) >= 11 is 0. The zero-order chi connectivity index (χ0) is 35.7. The highest BCUT2D eigenvalue weighted by Crippen LogP contribution is 2.57. The Balaban J connectivity index is 1.49. The van der Waals surface area contributed by atoms with Crippen molar-refractivity contribution >= 4 is 29.4 Å². The number of rotatable bonds is 7. The molecule has 2 saturated heterocycles. The van der Waals surface area contributed by atoms with E-state index in [4.69, 9.17) is 14.2 Å². The van der Waals surface area contributed by atoms with Crippen LogP contribution in [0.3, 0.4) is 0 Å². The van der Waals surface area contributed by atoms with Gasteiger partial charge in [0.05, 0.1) is 37.8 Å². The smallest absolute Gasteiger partial charge is 0.313 e. The molecule has 9 atom stereocenters. The van der Waals surface area contributed by atoms with Gasteiger partial charge in [0.25, 0.3) is 5.91 Å². The van der Waals surface area contributed by atoms with Crippen molar-refractivity contribution in [2.75, 3.05) is 32.2 Å². The number of nitrogens with zero attached hydrogens (tertiary/aromatic N) is 3. The topological polar surface area (TPSA) is 126 Å². The van der Waals surface area contributed by atoms with Gasteiger partial charge in [0.2, 0.25) is 11.8 Å². The van der Waals surface area contributed by atoms with Gasteiger partial charge in [-0.15, -0.1) is 0 Å². The Morgan fingerprint density at radius 1 is 1.02 bits per heavy atom. The lowest BCUT2D eigenvalue weighted by Crippen LogP contribution is -2.59. The fourth-order valence-electron chi connectivity index (χ4n) is 7.96. The first-order valence-corrected chi connectivity index (χ1v) is 17.5. The van der Waals surface area contributed by atoms with Crippen molar-refractivity contribution in [3.8, 4) is 5.75 Å². The number of hydrogen-bond donors (Lipinski definition) is 1. The highest BCUT2D eigenvalue weighted by atomic mass is 16.6. The van der Waals surface area contributed by atoms with Gasteiger partial charge in [-0.2, -0.15) is 0 Å². The third-order valence-electron chi connectivity index (χ3n) is 11.1. The van der Waals surface area contributed by atoms with Crippen LogP contribution in [0.1, 0.15) is 51.7 Å². The zero-order valence-corrected chi connectivity index (χ0v) is 29.3. The number of aliphatic hydroxyl groups excluding tert-OH is 1. The van der Waals surface area contributed by atoms with Gasteiger partial charge in [0, 0.05) is 25.7 Å². The van der Waals surface area contributed by atoms with E-state index >= 15 is 4.79 Å². The molecule has 11 heteroatoms. The summed E-state index contributed by atoms with van der Waals surface area (Å²) in [5, 5.41) is 10.8. The number of ether oxygens (including phenoxy) is 3. The second-order valence-electron chi connectivity index (χ2n) is 13.8. The zero-order valence-electron chi connectivity index (χ0n) is 29.3. The lowest BCUT2D eigenvalue weighted by atomic mass is 9.74. The van der Waals surface area contributed by atoms with E-state index in [2.05, 4.69) is 0 Å². The molecule has 1 spiro atoms. The first kappa shape index (κ1) is 35.3. The number of cyclic esters (lactones) is 1. The third kappa shape index (κ3) is 6.00. The molecule has 266 valence electrons. The second-order valence-corrected chi connectivity index (χ2v) is 13.8. The molecular weight excluding hydrogens is 638 g/mol. The van der Waals surface area contributed by atoms with Gasteiger partial charge in [0.15, 0.2) is 0 Å². The van der Waals surface area contributed by atoms with E-state index in [1.165, 1.54) is 4.90 Å². The number of carbonyl (C=O) groups excluding carboxylic acids is 4. The van der Waals surface area contributed by atoms with E-state index in [-0.39, 0.29) is 31.4 Å². The van der Waals surface area contributed by atoms with Crippen molar-refractivity contribution in [1.82, 2.24) is 9.80 Å². The van der Waals surface area contributed by atoms with Crippen molar-refractivity contribution in [1.29, 1.82) is 0 Å². The summed E-state index contributed by atoms with van der Waals surface area (Å²) in [6.45, 7) is 5.52. The Morgan fingerprint density at radius 2 is 1.74 bits per heavy atom. The minimum atomic E-state index is -1.47. The van der Waals surface area contributed by atoms with Crippen LogP contribution in [0.5, 0.6) is 5.75 Å². The van der Waals surface area contributed by atoms with Gasteiger partial charge in [-0.3, -0.25) is 19.2 Å². The van der Waals surface area contributed by atoms with Crippen LogP contribution in [0.25, 0.3) is 0 Å². The Morgan fingerprint density at radius 3 is 2.40 bits per heavy atom. The normalized spacial score (nSPS) is 31.8. The predicted molar refractivity (Wildman–Crippen MR) is 186 cm³/mol. The Kier molecular flexibility index (Phi) is 10.2. The summed E-state index contributed by atoms with van der Waals surface area (Å²) in [5.41, 5.74) is -0.191. The van der Waals surface area contributed by atoms with Crippen molar-refractivity contribution in [2.24, 2.45) is 17.8 Å². The van der Waals surface area contributed by atoms with Gasteiger partial charge >= 0.3 is 5.97 Å². The summed E-state index contributed by atoms with van der Waals surface area (Å²) in [7, 11) is 3.26. The number of fused-ring (bicyclic) bond motifs is 2. The predicted octanol–water partition coefficient (Wildman–Crippen LogP) is 4.07. The number of likely N-dealkylation sites (tertiary alicyclic amines) is 1. The van der Waals surface area contributed by atoms with Crippen LogP contribution in [0.2, 0.25) is 0 Å². The van der Waals surface area contributed by atoms with E-state index in [1.54, 1.807) is 60.4 Å². The molecule has 11 nitrogen and oxygen atoms in total. The molecule has 2 aromatic carbocycles.